The van der Waals surface area contributed by atoms with Crippen LogP contribution < -0.4 is 0 Å². The lowest BCUT2D eigenvalue weighted by atomic mass is 9.96. The van der Waals surface area contributed by atoms with Crippen molar-refractivity contribution in [3.63, 3.8) is 0 Å². The Bertz CT molecular complexity index is 720. The molecule has 12 atom stereocenters. The number of aliphatic hydroxyl groups is 7. The van der Waals surface area contributed by atoms with E-state index in [4.69, 9.17) is 28.4 Å². The van der Waals surface area contributed by atoms with E-state index in [9.17, 15) is 45.3 Å². The molecule has 2 aliphatic rings. The number of ether oxygens (including phenoxy) is 6. The highest BCUT2D eigenvalue weighted by molar-refractivity contribution is 5.70. The van der Waals surface area contributed by atoms with Crippen molar-refractivity contribution in [3.05, 3.63) is 0 Å². The van der Waals surface area contributed by atoms with Crippen molar-refractivity contribution in [2.45, 2.75) is 107 Å². The molecule has 216 valence electrons. The van der Waals surface area contributed by atoms with Crippen LogP contribution in [0.25, 0.3) is 0 Å². The van der Waals surface area contributed by atoms with Gasteiger partial charge in [-0.05, 0) is 13.3 Å². The second-order valence-corrected chi connectivity index (χ2v) is 9.04. The first kappa shape index (κ1) is 31.7. The zero-order valence-electron chi connectivity index (χ0n) is 20.9. The average Bonchev–Trinajstić information content (AvgIpc) is 2.84. The predicted molar refractivity (Wildman–Crippen MR) is 118 cm³/mol. The topological polar surface area (TPSA) is 231 Å². The van der Waals surface area contributed by atoms with Crippen LogP contribution in [0.1, 0.15) is 33.6 Å². The summed E-state index contributed by atoms with van der Waals surface area (Å²) in [6.45, 7) is 2.69. The van der Waals surface area contributed by atoms with Gasteiger partial charge in [0.05, 0.1) is 31.8 Å². The molecule has 15 nitrogen and oxygen atoms in total. The zero-order valence-corrected chi connectivity index (χ0v) is 20.9. The van der Waals surface area contributed by atoms with Crippen molar-refractivity contribution in [2.24, 2.45) is 0 Å². The van der Waals surface area contributed by atoms with Crippen LogP contribution in [0.4, 0.5) is 0 Å². The Morgan fingerprint density at radius 3 is 2.11 bits per heavy atom. The zero-order chi connectivity index (χ0) is 27.9. The highest BCUT2D eigenvalue weighted by atomic mass is 16.8. The molecular formula is C22H38O15. The lowest BCUT2D eigenvalue weighted by Crippen LogP contribution is -2.65. The Balaban J connectivity index is 2.27. The van der Waals surface area contributed by atoms with Gasteiger partial charge in [0.2, 0.25) is 0 Å². The molecule has 0 saturated carbocycles. The van der Waals surface area contributed by atoms with Gasteiger partial charge in [0.25, 0.3) is 0 Å². The number of rotatable bonds is 12. The molecule has 37 heavy (non-hydrogen) atoms. The molecule has 2 rings (SSSR count). The van der Waals surface area contributed by atoms with Crippen LogP contribution in [0.2, 0.25) is 0 Å². The van der Waals surface area contributed by atoms with E-state index in [-0.39, 0.29) is 6.61 Å². The van der Waals surface area contributed by atoms with Gasteiger partial charge in [-0.15, -0.1) is 0 Å². The van der Waals surface area contributed by atoms with Gasteiger partial charge in [0.15, 0.2) is 18.7 Å². The molecule has 0 aromatic rings. The van der Waals surface area contributed by atoms with Crippen molar-refractivity contribution in [1.82, 2.24) is 0 Å². The van der Waals surface area contributed by atoms with E-state index in [1.54, 1.807) is 6.92 Å². The summed E-state index contributed by atoms with van der Waals surface area (Å²) in [5.41, 5.74) is 0. The van der Waals surface area contributed by atoms with Gasteiger partial charge in [0.1, 0.15) is 49.3 Å². The largest absolute Gasteiger partial charge is 0.463 e. The maximum atomic E-state index is 12.2. The number of carbonyl (C=O) groups is 2. The fourth-order valence-corrected chi connectivity index (χ4v) is 3.76. The van der Waals surface area contributed by atoms with E-state index in [0.717, 1.165) is 6.92 Å². The van der Waals surface area contributed by atoms with Crippen LogP contribution in [0.5, 0.6) is 0 Å². The maximum absolute atomic E-state index is 12.2. The number of esters is 2. The molecule has 7 N–H and O–H groups in total. The Morgan fingerprint density at radius 2 is 1.54 bits per heavy atom. The van der Waals surface area contributed by atoms with Gasteiger partial charge in [-0.2, -0.15) is 0 Å². The van der Waals surface area contributed by atoms with Crippen molar-refractivity contribution in [3.8, 4) is 0 Å². The number of carbonyl (C=O) groups excluding carboxylic acids is 2. The standard InChI is InChI=1S/C22H38O15/c1-4-11(26)7-33-21-18(31)17(30)19(13(35-21)8-32-10(3)25)37-22-20(36-14(27)5-9(2)24)16(29)15(28)12(6-23)34-22/h9,11-13,15-24,26,28-31H,4-8H2,1-3H3/t9?,11?,12?,13?,15-,16?,17?,18?,19-,20?,21-,22+/m1/s1. The monoisotopic (exact) mass is 542 g/mol. The van der Waals surface area contributed by atoms with Crippen molar-refractivity contribution in [1.29, 1.82) is 0 Å². The summed E-state index contributed by atoms with van der Waals surface area (Å²) in [6.07, 6.45) is -18.0. The average molecular weight is 543 g/mol. The van der Waals surface area contributed by atoms with E-state index >= 15 is 0 Å². The molecule has 0 amide bonds. The molecule has 2 aliphatic heterocycles. The van der Waals surface area contributed by atoms with E-state index in [0.29, 0.717) is 6.42 Å². The Hall–Kier alpha value is -1.50. The summed E-state index contributed by atoms with van der Waals surface area (Å²) in [5, 5.41) is 70.9. The highest BCUT2D eigenvalue weighted by Crippen LogP contribution is 2.31. The molecule has 0 aromatic heterocycles. The molecule has 0 radical (unpaired) electrons. The summed E-state index contributed by atoms with van der Waals surface area (Å²) < 4.78 is 32.4. The number of aliphatic hydroxyl groups excluding tert-OH is 7. The van der Waals surface area contributed by atoms with E-state index in [1.165, 1.54) is 6.92 Å². The molecule has 2 fully saturated rings. The van der Waals surface area contributed by atoms with Gasteiger partial charge >= 0.3 is 11.9 Å². The summed E-state index contributed by atoms with van der Waals surface area (Å²) in [4.78, 5) is 23.6. The fourth-order valence-electron chi connectivity index (χ4n) is 3.76. The SMILES string of the molecule is CCC(O)CO[C@@H]1OC(COC(C)=O)[C@@H](O[C@@H]2OC(CO)[C@@H](O)C(O)C2OC(=O)CC(C)O)C(O)C1O. The van der Waals surface area contributed by atoms with Crippen LogP contribution in [-0.4, -0.2) is 141 Å². The molecular weight excluding hydrogens is 504 g/mol. The van der Waals surface area contributed by atoms with Crippen LogP contribution in [-0.2, 0) is 38.0 Å². The molecule has 0 bridgehead atoms. The number of hydrogen-bond acceptors (Lipinski definition) is 15. The van der Waals surface area contributed by atoms with Gasteiger partial charge in [-0.25, -0.2) is 0 Å². The summed E-state index contributed by atoms with van der Waals surface area (Å²) in [5.74, 6) is -1.66. The fraction of sp³-hybridized carbons (Fsp3) is 0.909. The molecule has 0 aromatic carbocycles. The smallest absolute Gasteiger partial charge is 0.308 e. The first-order valence-electron chi connectivity index (χ1n) is 12.0. The van der Waals surface area contributed by atoms with Crippen molar-refractivity contribution in [2.75, 3.05) is 19.8 Å². The third-order valence-corrected chi connectivity index (χ3v) is 5.86. The maximum Gasteiger partial charge on any atom is 0.308 e. The lowest BCUT2D eigenvalue weighted by molar-refractivity contribution is -0.361. The van der Waals surface area contributed by atoms with Gasteiger partial charge < -0.3 is 64.2 Å². The molecule has 8 unspecified atom stereocenters. The molecule has 15 heteroatoms. The molecule has 2 saturated heterocycles. The van der Waals surface area contributed by atoms with Gasteiger partial charge in [-0.1, -0.05) is 6.92 Å². The summed E-state index contributed by atoms with van der Waals surface area (Å²) in [7, 11) is 0. The molecule has 0 aliphatic carbocycles. The first-order chi connectivity index (χ1) is 17.4. The first-order valence-corrected chi connectivity index (χ1v) is 12.0. The minimum Gasteiger partial charge on any atom is -0.463 e. The van der Waals surface area contributed by atoms with E-state index in [2.05, 4.69) is 0 Å². The lowest BCUT2D eigenvalue weighted by Gasteiger charge is -2.46. The summed E-state index contributed by atoms with van der Waals surface area (Å²) in [6, 6.07) is 0. The second kappa shape index (κ2) is 14.6. The second-order valence-electron chi connectivity index (χ2n) is 9.04. The highest BCUT2D eigenvalue weighted by Gasteiger charge is 2.52. The van der Waals surface area contributed by atoms with E-state index < -0.39 is 105 Å². The Labute approximate surface area is 213 Å². The predicted octanol–water partition coefficient (Wildman–Crippen LogP) is -3.71. The normalized spacial score (nSPS) is 38.0. The van der Waals surface area contributed by atoms with Crippen LogP contribution >= 0.6 is 0 Å². The number of hydrogen-bond donors (Lipinski definition) is 7. The van der Waals surface area contributed by atoms with Crippen molar-refractivity contribution < 1.29 is 73.8 Å². The van der Waals surface area contributed by atoms with Crippen molar-refractivity contribution >= 4 is 11.9 Å². The Morgan fingerprint density at radius 1 is 0.919 bits per heavy atom. The minimum absolute atomic E-state index is 0.230. The molecule has 2 heterocycles. The third kappa shape index (κ3) is 8.76. The summed E-state index contributed by atoms with van der Waals surface area (Å²) >= 11 is 0. The van der Waals surface area contributed by atoms with Gasteiger partial charge in [-0.3, -0.25) is 9.59 Å². The minimum atomic E-state index is -1.81. The third-order valence-electron chi connectivity index (χ3n) is 5.86. The quantitative estimate of drug-likeness (QED) is 0.118. The van der Waals surface area contributed by atoms with Crippen LogP contribution in [0.3, 0.4) is 0 Å². The van der Waals surface area contributed by atoms with E-state index in [1.807, 2.05) is 0 Å². The van der Waals surface area contributed by atoms with Crippen LogP contribution in [0, 0.1) is 0 Å². The van der Waals surface area contributed by atoms with Gasteiger partial charge in [0, 0.05) is 6.92 Å². The van der Waals surface area contributed by atoms with Crippen LogP contribution in [0.15, 0.2) is 0 Å². The Kier molecular flexibility index (Phi) is 12.5. The molecule has 0 spiro atoms.